The van der Waals surface area contributed by atoms with E-state index in [0.29, 0.717) is 5.84 Å². The van der Waals surface area contributed by atoms with Crippen molar-refractivity contribution in [3.8, 4) is 139 Å². The van der Waals surface area contributed by atoms with Crippen LogP contribution in [0.15, 0.2) is 451 Å². The molecule has 544 valence electrons. The zero-order chi connectivity index (χ0) is 76.8. The Morgan fingerprint density at radius 1 is 0.224 bits per heavy atom. The Morgan fingerprint density at radius 2 is 0.552 bits per heavy atom. The molecule has 0 aliphatic carbocycles. The van der Waals surface area contributed by atoms with Gasteiger partial charge in [-0.1, -0.05) is 328 Å². The smallest absolute Gasteiger partial charge is 0.159 e. The minimum atomic E-state index is -0.347. The van der Waals surface area contributed by atoms with Crippen LogP contribution in [0.25, 0.3) is 183 Å². The number of hydrogen-bond acceptors (Lipinski definition) is 4. The fraction of sp³-hybridized carbons (Fsp3) is 0.00901. The summed E-state index contributed by atoms with van der Waals surface area (Å²) < 4.78 is 9.33. The van der Waals surface area contributed by atoms with Gasteiger partial charge in [0.05, 0.1) is 11.0 Å². The summed E-state index contributed by atoms with van der Waals surface area (Å²) in [6.07, 6.45) is -0.347. The van der Waals surface area contributed by atoms with Crippen molar-refractivity contribution in [3.63, 3.8) is 0 Å². The van der Waals surface area contributed by atoms with Gasteiger partial charge in [-0.3, -0.25) is 0 Å². The summed E-state index contributed by atoms with van der Waals surface area (Å²) in [5, 5.41) is 8.19. The van der Waals surface area contributed by atoms with Crippen LogP contribution >= 0.6 is 0 Å². The Bertz CT molecular complexity index is 7050. The molecular weight excluding hydrogens is 1410 g/mol. The van der Waals surface area contributed by atoms with Crippen LogP contribution in [0.2, 0.25) is 0 Å². The molecule has 5 nitrogen and oxygen atoms in total. The Kier molecular flexibility index (Phi) is 17.6. The Hall–Kier alpha value is -15.3. The first-order valence-corrected chi connectivity index (χ1v) is 39.6. The van der Waals surface area contributed by atoms with E-state index in [0.717, 1.165) is 150 Å². The number of hydrogen-bond donors (Lipinski definition) is 1. The zero-order valence-electron chi connectivity index (χ0n) is 63.4. The van der Waals surface area contributed by atoms with Gasteiger partial charge in [-0.25, -0.2) is 9.98 Å². The van der Waals surface area contributed by atoms with Crippen molar-refractivity contribution in [2.75, 3.05) is 0 Å². The number of para-hydroxylation sites is 1. The van der Waals surface area contributed by atoms with Crippen LogP contribution in [-0.2, 0) is 0 Å². The lowest BCUT2D eigenvalue weighted by Gasteiger charge is -2.24. The van der Waals surface area contributed by atoms with Crippen LogP contribution < -0.4 is 5.32 Å². The van der Waals surface area contributed by atoms with E-state index in [2.05, 4.69) is 410 Å². The number of furan rings is 1. The maximum atomic E-state index is 6.88. The minimum absolute atomic E-state index is 0.347. The molecule has 2 aromatic heterocycles. The summed E-state index contributed by atoms with van der Waals surface area (Å²) in [5.74, 6) is 1.49. The normalized spacial score (nSPS) is 12.7. The van der Waals surface area contributed by atoms with Crippen LogP contribution in [0, 0.1) is 0 Å². The number of nitrogens with one attached hydrogen (secondary N) is 1. The molecule has 0 spiro atoms. The number of nitrogens with zero attached hydrogens (tertiary/aromatic N) is 3. The van der Waals surface area contributed by atoms with Crippen LogP contribution in [0.3, 0.4) is 0 Å². The molecular formula is C111H74N4O. The second-order valence-electron chi connectivity index (χ2n) is 30.0. The molecule has 20 aromatic rings. The number of amidine groups is 2. The lowest BCUT2D eigenvalue weighted by atomic mass is 9.92. The first-order valence-electron chi connectivity index (χ1n) is 39.6. The average molecular weight is 1480 g/mol. The van der Waals surface area contributed by atoms with E-state index in [-0.39, 0.29) is 6.17 Å². The van der Waals surface area contributed by atoms with Crippen molar-refractivity contribution < 1.29 is 4.42 Å². The van der Waals surface area contributed by atoms with Crippen molar-refractivity contribution in [3.05, 3.63) is 453 Å². The third-order valence-corrected chi connectivity index (χ3v) is 22.8. The van der Waals surface area contributed by atoms with Crippen LogP contribution in [0.1, 0.15) is 22.9 Å². The molecule has 1 N–H and O–H groups in total. The van der Waals surface area contributed by atoms with E-state index < -0.39 is 0 Å². The highest BCUT2D eigenvalue weighted by Gasteiger charge is 2.24. The van der Waals surface area contributed by atoms with Crippen molar-refractivity contribution >= 4 is 55.4 Å². The molecule has 116 heavy (non-hydrogen) atoms. The summed E-state index contributed by atoms with van der Waals surface area (Å²) in [6, 6.07) is 158. The van der Waals surface area contributed by atoms with Gasteiger partial charge in [0.2, 0.25) is 0 Å². The number of benzene rings is 18. The predicted molar refractivity (Wildman–Crippen MR) is 485 cm³/mol. The minimum Gasteiger partial charge on any atom is -0.455 e. The SMILES string of the molecule is c1ccc(C2=NC(c3cccc(-c4cccc(-c5cccc(-c6cc(-c7cccc(-c8cccc(-c9cccc(-n%10c%11ccc(-c%12cccc(-c%13cccc(-c%14ccccc%14)c%13)c%12)cc%11c%11cc(-c%12cccc(-c%13cccc(-c%14ccccc%14)c%13)c%12)ccc%11%10)c9)c8)c7)cc7c6oc6ccccc67)c5)c4)c3)NC(c3ccccc3)=N2)cc1. The van der Waals surface area contributed by atoms with E-state index in [4.69, 9.17) is 14.4 Å². The average Bonchev–Trinajstić information content (AvgIpc) is 1.58. The van der Waals surface area contributed by atoms with Crippen LogP contribution in [-0.4, -0.2) is 16.2 Å². The van der Waals surface area contributed by atoms with Gasteiger partial charge < -0.3 is 14.3 Å². The Labute approximate surface area is 674 Å². The Morgan fingerprint density at radius 3 is 1.01 bits per heavy atom. The van der Waals surface area contributed by atoms with E-state index >= 15 is 0 Å². The second kappa shape index (κ2) is 29.7. The molecule has 0 fully saturated rings. The van der Waals surface area contributed by atoms with Crippen LogP contribution in [0.4, 0.5) is 0 Å². The number of aromatic nitrogens is 1. The number of fused-ring (bicyclic) bond motifs is 6. The molecule has 0 bridgehead atoms. The topological polar surface area (TPSA) is 54.8 Å². The zero-order valence-corrected chi connectivity index (χ0v) is 63.4. The largest absolute Gasteiger partial charge is 0.455 e. The molecule has 21 rings (SSSR count). The van der Waals surface area contributed by atoms with Crippen molar-refractivity contribution in [1.82, 2.24) is 9.88 Å². The molecule has 3 heterocycles. The highest BCUT2D eigenvalue weighted by Crippen LogP contribution is 2.45. The summed E-state index contributed by atoms with van der Waals surface area (Å²) in [7, 11) is 0. The maximum absolute atomic E-state index is 6.88. The van der Waals surface area contributed by atoms with E-state index in [1.807, 2.05) is 36.4 Å². The first-order chi connectivity index (χ1) is 57.4. The van der Waals surface area contributed by atoms with Gasteiger partial charge in [-0.05, 0) is 243 Å². The number of aliphatic imine (C=N–C) groups is 2. The maximum Gasteiger partial charge on any atom is 0.159 e. The Balaban J connectivity index is 0.607. The molecule has 18 aromatic carbocycles. The summed E-state index contributed by atoms with van der Waals surface area (Å²) in [5.41, 5.74) is 35.6. The van der Waals surface area contributed by atoms with Gasteiger partial charge in [0.1, 0.15) is 23.2 Å². The van der Waals surface area contributed by atoms with Crippen LogP contribution in [0.5, 0.6) is 0 Å². The standard InChI is InChI=1S/C111H74N4O/c1-5-25-73(26-6-1)77-33-15-35-79(59-77)82-38-19-44-88(63-82)94-55-57-105-102(69-94)103-70-95(89-45-20-39-83(64-89)80-36-16-34-78(60-80)74-27-7-2-8-28-74)56-58-106(103)115(105)99-52-24-49-93(68-99)87-43-18-37-81(62-87)86-42-21-48-92(65-86)98-71-101(108-104(72-98)100-53-13-14-54-107(100)116-108)96-50-22-46-90(66-96)84-40-17-41-85(61-84)91-47-23-51-97(67-91)111-113-109(75-29-9-3-10-30-75)112-110(114-111)76-31-11-4-12-32-76/h1-72,111H,(H,112,113,114). The molecule has 5 heteroatoms. The molecule has 1 unspecified atom stereocenters. The lowest BCUT2D eigenvalue weighted by molar-refractivity contribution is 0.670. The van der Waals surface area contributed by atoms with Gasteiger partial charge in [0.25, 0.3) is 0 Å². The quantitative estimate of drug-likeness (QED) is 0.105. The van der Waals surface area contributed by atoms with E-state index in [1.165, 1.54) is 55.3 Å². The summed E-state index contributed by atoms with van der Waals surface area (Å²) in [4.78, 5) is 10.2. The third-order valence-electron chi connectivity index (χ3n) is 22.8. The highest BCUT2D eigenvalue weighted by molar-refractivity contribution is 6.15. The lowest BCUT2D eigenvalue weighted by Crippen LogP contribution is -2.33. The fourth-order valence-electron chi connectivity index (χ4n) is 16.9. The molecule has 0 amide bonds. The second-order valence-corrected chi connectivity index (χ2v) is 30.0. The summed E-state index contributed by atoms with van der Waals surface area (Å²) in [6.45, 7) is 0. The summed E-state index contributed by atoms with van der Waals surface area (Å²) >= 11 is 0. The van der Waals surface area contributed by atoms with E-state index in [9.17, 15) is 0 Å². The monoisotopic (exact) mass is 1480 g/mol. The molecule has 0 saturated heterocycles. The number of rotatable bonds is 16. The van der Waals surface area contributed by atoms with Gasteiger partial charge in [-0.15, -0.1) is 0 Å². The van der Waals surface area contributed by atoms with Gasteiger partial charge in [0, 0.05) is 43.9 Å². The van der Waals surface area contributed by atoms with Gasteiger partial charge in [0.15, 0.2) is 5.84 Å². The van der Waals surface area contributed by atoms with Gasteiger partial charge >= 0.3 is 0 Å². The van der Waals surface area contributed by atoms with Crippen molar-refractivity contribution in [1.29, 1.82) is 0 Å². The van der Waals surface area contributed by atoms with Crippen molar-refractivity contribution in [2.24, 2.45) is 9.98 Å². The molecule has 1 atom stereocenters. The molecule has 1 aliphatic rings. The van der Waals surface area contributed by atoms with Gasteiger partial charge in [-0.2, -0.15) is 0 Å². The fourth-order valence-corrected chi connectivity index (χ4v) is 16.9. The molecule has 0 saturated carbocycles. The van der Waals surface area contributed by atoms with Crippen molar-refractivity contribution in [2.45, 2.75) is 6.17 Å². The first kappa shape index (κ1) is 68.7. The molecule has 1 aliphatic heterocycles. The predicted octanol–water partition coefficient (Wildman–Crippen LogP) is 29.2. The van der Waals surface area contributed by atoms with E-state index in [1.54, 1.807) is 0 Å². The third kappa shape index (κ3) is 13.3. The highest BCUT2D eigenvalue weighted by atomic mass is 16.3. The molecule has 0 radical (unpaired) electrons.